The van der Waals surface area contributed by atoms with Crippen molar-refractivity contribution in [2.45, 2.75) is 12.6 Å². The Morgan fingerprint density at radius 2 is 1.91 bits per heavy atom. The summed E-state index contributed by atoms with van der Waals surface area (Å²) < 4.78 is 0. The molecule has 1 aliphatic rings. The molecule has 0 aliphatic carbocycles. The molecule has 2 aromatic carbocycles. The lowest BCUT2D eigenvalue weighted by Crippen LogP contribution is -2.15. The first-order valence-electron chi connectivity index (χ1n) is 7.20. The molecule has 1 N–H and O–H groups in total. The Morgan fingerprint density at radius 1 is 1.00 bits per heavy atom. The Labute approximate surface area is 134 Å². The van der Waals surface area contributed by atoms with Crippen LogP contribution < -0.4 is 5.32 Å². The second-order valence-electron chi connectivity index (χ2n) is 5.35. The lowest BCUT2D eigenvalue weighted by Gasteiger charge is -2.12. The maximum Gasteiger partial charge on any atom is 0.116 e. The molecule has 0 bridgehead atoms. The monoisotopic (exact) mass is 307 g/mol. The van der Waals surface area contributed by atoms with Crippen LogP contribution >= 0.6 is 11.6 Å². The van der Waals surface area contributed by atoms with Crippen molar-refractivity contribution in [3.05, 3.63) is 82.8 Å². The maximum atomic E-state index is 6.07. The molecule has 0 spiro atoms. The summed E-state index contributed by atoms with van der Waals surface area (Å²) in [5, 5.41) is 4.22. The topological polar surface area (TPSA) is 37.8 Å². The standard InChI is InChI=1S/C18H14ClN3/c19-14-6-3-5-12(8-14)16-9-17(22-11-21-16)18-15-7-2-1-4-13(15)10-20-18/h1-9,11,18,20H,10H2. The number of fused-ring (bicyclic) bond motifs is 1. The number of nitrogens with one attached hydrogen (secondary N) is 1. The lowest BCUT2D eigenvalue weighted by molar-refractivity contribution is 0.648. The van der Waals surface area contributed by atoms with E-state index in [1.807, 2.05) is 30.3 Å². The number of halogens is 1. The Morgan fingerprint density at radius 3 is 2.82 bits per heavy atom. The lowest BCUT2D eigenvalue weighted by atomic mass is 10.0. The summed E-state index contributed by atoms with van der Waals surface area (Å²) in [5.74, 6) is 0. The second-order valence-corrected chi connectivity index (χ2v) is 5.79. The first kappa shape index (κ1) is 13.4. The first-order chi connectivity index (χ1) is 10.8. The number of nitrogens with zero attached hydrogens (tertiary/aromatic N) is 2. The normalized spacial score (nSPS) is 16.5. The smallest absolute Gasteiger partial charge is 0.116 e. The molecule has 0 fully saturated rings. The van der Waals surface area contributed by atoms with Crippen LogP contribution in [0.1, 0.15) is 22.9 Å². The van der Waals surface area contributed by atoms with Gasteiger partial charge in [-0.15, -0.1) is 0 Å². The third-order valence-corrected chi connectivity index (χ3v) is 4.20. The predicted molar refractivity (Wildman–Crippen MR) is 87.6 cm³/mol. The number of hydrogen-bond donors (Lipinski definition) is 1. The molecule has 0 radical (unpaired) electrons. The summed E-state index contributed by atoms with van der Waals surface area (Å²) in [5.41, 5.74) is 5.49. The molecule has 0 saturated carbocycles. The van der Waals surface area contributed by atoms with Crippen LogP contribution in [-0.2, 0) is 6.54 Å². The zero-order chi connectivity index (χ0) is 14.9. The van der Waals surface area contributed by atoms with E-state index in [0.29, 0.717) is 5.02 Å². The summed E-state index contributed by atoms with van der Waals surface area (Å²) in [7, 11) is 0. The van der Waals surface area contributed by atoms with Crippen molar-refractivity contribution in [3.63, 3.8) is 0 Å². The average Bonchev–Trinajstić information content (AvgIpc) is 2.99. The van der Waals surface area contributed by atoms with Crippen molar-refractivity contribution in [2.75, 3.05) is 0 Å². The van der Waals surface area contributed by atoms with Crippen molar-refractivity contribution < 1.29 is 0 Å². The van der Waals surface area contributed by atoms with Crippen LogP contribution in [0.25, 0.3) is 11.3 Å². The Balaban J connectivity index is 1.74. The highest BCUT2D eigenvalue weighted by Crippen LogP contribution is 2.31. The van der Waals surface area contributed by atoms with Gasteiger partial charge in [-0.2, -0.15) is 0 Å². The van der Waals surface area contributed by atoms with Crippen LogP contribution in [0.3, 0.4) is 0 Å². The number of aromatic nitrogens is 2. The summed E-state index contributed by atoms with van der Waals surface area (Å²) in [4.78, 5) is 8.84. The Bertz CT molecular complexity index is 832. The van der Waals surface area contributed by atoms with Crippen LogP contribution in [0.5, 0.6) is 0 Å². The van der Waals surface area contributed by atoms with Gasteiger partial charge in [-0.25, -0.2) is 9.97 Å². The summed E-state index contributed by atoms with van der Waals surface area (Å²) >= 11 is 6.07. The molecule has 0 amide bonds. The molecule has 3 nitrogen and oxygen atoms in total. The fourth-order valence-corrected chi connectivity index (χ4v) is 3.09. The summed E-state index contributed by atoms with van der Waals surface area (Å²) in [6.45, 7) is 0.872. The van der Waals surface area contributed by atoms with Crippen molar-refractivity contribution in [1.29, 1.82) is 0 Å². The minimum absolute atomic E-state index is 0.122. The minimum atomic E-state index is 0.122. The molecule has 4 heteroatoms. The molecule has 3 aromatic rings. The highest BCUT2D eigenvalue weighted by Gasteiger charge is 2.24. The van der Waals surface area contributed by atoms with E-state index in [0.717, 1.165) is 23.5 Å². The number of benzene rings is 2. The van der Waals surface area contributed by atoms with E-state index < -0.39 is 0 Å². The quantitative estimate of drug-likeness (QED) is 0.778. The molecule has 1 aromatic heterocycles. The zero-order valence-corrected chi connectivity index (χ0v) is 12.6. The highest BCUT2D eigenvalue weighted by molar-refractivity contribution is 6.30. The molecular weight excluding hydrogens is 294 g/mol. The molecule has 1 aliphatic heterocycles. The van der Waals surface area contributed by atoms with Crippen LogP contribution in [0.15, 0.2) is 60.9 Å². The largest absolute Gasteiger partial charge is 0.301 e. The zero-order valence-electron chi connectivity index (χ0n) is 11.8. The van der Waals surface area contributed by atoms with E-state index in [4.69, 9.17) is 11.6 Å². The first-order valence-corrected chi connectivity index (χ1v) is 7.58. The Hall–Kier alpha value is -2.23. The van der Waals surface area contributed by atoms with Gasteiger partial charge in [0.1, 0.15) is 6.33 Å². The van der Waals surface area contributed by atoms with Gasteiger partial charge in [-0.05, 0) is 29.3 Å². The van der Waals surface area contributed by atoms with Gasteiger partial charge in [0.15, 0.2) is 0 Å². The second kappa shape index (κ2) is 5.52. The van der Waals surface area contributed by atoms with Gasteiger partial charge in [0.25, 0.3) is 0 Å². The molecule has 108 valence electrons. The third kappa shape index (κ3) is 2.39. The van der Waals surface area contributed by atoms with Crippen LogP contribution in [0.4, 0.5) is 0 Å². The van der Waals surface area contributed by atoms with E-state index in [1.54, 1.807) is 6.33 Å². The average molecular weight is 308 g/mol. The third-order valence-electron chi connectivity index (χ3n) is 3.97. The van der Waals surface area contributed by atoms with Crippen molar-refractivity contribution >= 4 is 11.6 Å². The van der Waals surface area contributed by atoms with Crippen LogP contribution in [0, 0.1) is 0 Å². The number of rotatable bonds is 2. The molecule has 0 saturated heterocycles. The van der Waals surface area contributed by atoms with E-state index in [-0.39, 0.29) is 6.04 Å². The van der Waals surface area contributed by atoms with Gasteiger partial charge < -0.3 is 5.32 Å². The molecule has 22 heavy (non-hydrogen) atoms. The van der Waals surface area contributed by atoms with E-state index in [9.17, 15) is 0 Å². The molecule has 2 heterocycles. The fourth-order valence-electron chi connectivity index (χ4n) is 2.90. The SMILES string of the molecule is Clc1cccc(-c2cc(C3NCc4ccccc43)ncn2)c1. The minimum Gasteiger partial charge on any atom is -0.301 e. The molecule has 1 unspecified atom stereocenters. The number of hydrogen-bond acceptors (Lipinski definition) is 3. The molecular formula is C18H14ClN3. The maximum absolute atomic E-state index is 6.07. The van der Waals surface area contributed by atoms with Gasteiger partial charge in [0, 0.05) is 17.1 Å². The van der Waals surface area contributed by atoms with E-state index in [1.165, 1.54) is 11.1 Å². The van der Waals surface area contributed by atoms with Gasteiger partial charge in [-0.3, -0.25) is 0 Å². The van der Waals surface area contributed by atoms with Crippen molar-refractivity contribution in [2.24, 2.45) is 0 Å². The van der Waals surface area contributed by atoms with Crippen molar-refractivity contribution in [3.8, 4) is 11.3 Å². The predicted octanol–water partition coefficient (Wildman–Crippen LogP) is 3.99. The fraction of sp³-hybridized carbons (Fsp3) is 0.111. The van der Waals surface area contributed by atoms with E-state index in [2.05, 4.69) is 39.6 Å². The summed E-state index contributed by atoms with van der Waals surface area (Å²) in [6.07, 6.45) is 1.62. The van der Waals surface area contributed by atoms with Crippen molar-refractivity contribution in [1.82, 2.24) is 15.3 Å². The summed E-state index contributed by atoms with van der Waals surface area (Å²) in [6, 6.07) is 18.3. The molecule has 1 atom stereocenters. The molecule has 4 rings (SSSR count). The van der Waals surface area contributed by atoms with Gasteiger partial charge in [0.2, 0.25) is 0 Å². The van der Waals surface area contributed by atoms with Gasteiger partial charge in [-0.1, -0.05) is 48.0 Å². The Kier molecular flexibility index (Phi) is 3.37. The van der Waals surface area contributed by atoms with Crippen LogP contribution in [0.2, 0.25) is 5.02 Å². The van der Waals surface area contributed by atoms with E-state index >= 15 is 0 Å². The van der Waals surface area contributed by atoms with Gasteiger partial charge in [0.05, 0.1) is 17.4 Å². The highest BCUT2D eigenvalue weighted by atomic mass is 35.5. The van der Waals surface area contributed by atoms with Gasteiger partial charge >= 0.3 is 0 Å². The van der Waals surface area contributed by atoms with Crippen LogP contribution in [-0.4, -0.2) is 9.97 Å².